The molecule has 2 heterocycles. The monoisotopic (exact) mass is 441 g/mol. The highest BCUT2D eigenvalue weighted by molar-refractivity contribution is 5.63. The van der Waals surface area contributed by atoms with Crippen LogP contribution in [0, 0.1) is 11.3 Å². The highest BCUT2D eigenvalue weighted by atomic mass is 16.6. The molecule has 0 amide bonds. The molecule has 1 aromatic rings. The summed E-state index contributed by atoms with van der Waals surface area (Å²) < 4.78 is 19.4. The topological polar surface area (TPSA) is 51.2 Å². The second kappa shape index (κ2) is 6.64. The van der Waals surface area contributed by atoms with Crippen molar-refractivity contribution in [2.24, 2.45) is 11.3 Å². The lowest BCUT2D eigenvalue weighted by Crippen LogP contribution is -2.82. The Morgan fingerprint density at radius 2 is 2.06 bits per heavy atom. The third-order valence-corrected chi connectivity index (χ3v) is 10.6. The number of hydrogen-bond acceptors (Lipinski definition) is 5. The fourth-order valence-corrected chi connectivity index (χ4v) is 9.27. The maximum Gasteiger partial charge on any atom is 0.165 e. The standard InChI is InChI=1S/C27H39NO4/c1-6-7-10-24(2,29)19-16-25-11-12-27(19,31-5)23-26(25)13-14-28(3)20(25)15-17-8-9-18(30-4)22(32-23)21(17)26/h8-9,19-20,23,29H,6-7,10-16H2,1-5H3/t19-,20?,23-,24-,25-,26?,27-/m1/s1. The summed E-state index contributed by atoms with van der Waals surface area (Å²) >= 11 is 0. The van der Waals surface area contributed by atoms with E-state index in [4.69, 9.17) is 14.2 Å². The minimum absolute atomic E-state index is 0.0484. The Bertz CT molecular complexity index is 946. The number of fused-ring (bicyclic) bond motifs is 2. The molecule has 32 heavy (non-hydrogen) atoms. The third kappa shape index (κ3) is 2.17. The summed E-state index contributed by atoms with van der Waals surface area (Å²) in [5.74, 6) is 1.87. The molecule has 2 spiro atoms. The predicted molar refractivity (Wildman–Crippen MR) is 123 cm³/mol. The van der Waals surface area contributed by atoms with Crippen LogP contribution in [0.25, 0.3) is 0 Å². The van der Waals surface area contributed by atoms with E-state index < -0.39 is 11.2 Å². The van der Waals surface area contributed by atoms with Crippen LogP contribution >= 0.6 is 0 Å². The molecule has 1 N–H and O–H groups in total. The van der Waals surface area contributed by atoms with Crippen LogP contribution in [-0.4, -0.2) is 61.2 Å². The highest BCUT2D eigenvalue weighted by Gasteiger charge is 2.81. The summed E-state index contributed by atoms with van der Waals surface area (Å²) in [5.41, 5.74) is 1.66. The largest absolute Gasteiger partial charge is 0.493 e. The van der Waals surface area contributed by atoms with Crippen LogP contribution in [0.1, 0.15) is 69.9 Å². The summed E-state index contributed by atoms with van der Waals surface area (Å²) in [7, 11) is 5.91. The number of likely N-dealkylation sites (N-methyl/N-ethyl adjacent to an activating group) is 1. The number of ether oxygens (including phenoxy) is 3. The highest BCUT2D eigenvalue weighted by Crippen LogP contribution is 2.77. The molecule has 4 aliphatic carbocycles. The fourth-order valence-electron chi connectivity index (χ4n) is 9.27. The van der Waals surface area contributed by atoms with E-state index in [2.05, 4.69) is 37.9 Å². The molecule has 176 valence electrons. The van der Waals surface area contributed by atoms with Crippen LogP contribution < -0.4 is 9.47 Å². The van der Waals surface area contributed by atoms with E-state index in [0.717, 1.165) is 69.4 Å². The Morgan fingerprint density at radius 1 is 1.25 bits per heavy atom. The first-order chi connectivity index (χ1) is 15.3. The first kappa shape index (κ1) is 21.2. The van der Waals surface area contributed by atoms with Crippen molar-refractivity contribution in [3.63, 3.8) is 0 Å². The molecule has 1 aromatic carbocycles. The van der Waals surface area contributed by atoms with Gasteiger partial charge in [0.1, 0.15) is 11.7 Å². The van der Waals surface area contributed by atoms with E-state index in [0.29, 0.717) is 6.04 Å². The van der Waals surface area contributed by atoms with Crippen LogP contribution in [0.4, 0.5) is 0 Å². The van der Waals surface area contributed by atoms with Gasteiger partial charge in [0, 0.05) is 35.5 Å². The summed E-state index contributed by atoms with van der Waals surface area (Å²) in [6, 6.07) is 4.85. The number of nitrogens with zero attached hydrogens (tertiary/aromatic N) is 1. The van der Waals surface area contributed by atoms with E-state index in [-0.39, 0.29) is 22.9 Å². The summed E-state index contributed by atoms with van der Waals surface area (Å²) in [4.78, 5) is 2.61. The van der Waals surface area contributed by atoms with Gasteiger partial charge in [-0.3, -0.25) is 0 Å². The molecule has 2 aliphatic heterocycles. The molecular weight excluding hydrogens is 402 g/mol. The average Bonchev–Trinajstić information content (AvgIpc) is 3.17. The van der Waals surface area contributed by atoms with Gasteiger partial charge in [-0.15, -0.1) is 0 Å². The van der Waals surface area contributed by atoms with Gasteiger partial charge in [0.2, 0.25) is 0 Å². The summed E-state index contributed by atoms with van der Waals surface area (Å²) in [6.07, 6.45) is 8.15. The summed E-state index contributed by atoms with van der Waals surface area (Å²) in [5, 5.41) is 11.9. The Hall–Kier alpha value is -1.30. The van der Waals surface area contributed by atoms with Crippen molar-refractivity contribution in [1.29, 1.82) is 0 Å². The Labute approximate surface area is 192 Å². The normalized spacial score (nSPS) is 42.9. The van der Waals surface area contributed by atoms with Crippen molar-refractivity contribution in [3.8, 4) is 11.5 Å². The lowest BCUT2D eigenvalue weighted by molar-refractivity contribution is -0.301. The lowest BCUT2D eigenvalue weighted by Gasteiger charge is -2.74. The summed E-state index contributed by atoms with van der Waals surface area (Å²) in [6.45, 7) is 5.35. The molecular formula is C27H39NO4. The molecule has 7 atom stereocenters. The zero-order valence-corrected chi connectivity index (χ0v) is 20.4. The molecule has 1 saturated heterocycles. The molecule has 7 rings (SSSR count). The molecule has 0 radical (unpaired) electrons. The zero-order chi connectivity index (χ0) is 22.5. The van der Waals surface area contributed by atoms with Gasteiger partial charge in [0.15, 0.2) is 11.5 Å². The fraction of sp³-hybridized carbons (Fsp3) is 0.778. The second-order valence-electron chi connectivity index (χ2n) is 11.6. The number of methoxy groups -OCH3 is 2. The van der Waals surface area contributed by atoms with Gasteiger partial charge in [-0.05, 0) is 70.7 Å². The first-order valence-electron chi connectivity index (χ1n) is 12.7. The Balaban J connectivity index is 1.60. The van der Waals surface area contributed by atoms with Crippen LogP contribution in [0.5, 0.6) is 11.5 Å². The average molecular weight is 442 g/mol. The SMILES string of the molecule is CCCC[C@@](C)(O)[C@H]1C[C@@]23CC[C@]1(OC)[C@@H]1Oc4c(OC)ccc5c4C12CCN(C)C3C5. The van der Waals surface area contributed by atoms with Gasteiger partial charge in [-0.2, -0.15) is 0 Å². The number of benzene rings is 1. The zero-order valence-electron chi connectivity index (χ0n) is 20.4. The van der Waals surface area contributed by atoms with Gasteiger partial charge in [-0.25, -0.2) is 0 Å². The van der Waals surface area contributed by atoms with Gasteiger partial charge < -0.3 is 24.2 Å². The van der Waals surface area contributed by atoms with E-state index in [1.54, 1.807) is 7.11 Å². The van der Waals surface area contributed by atoms with Crippen molar-refractivity contribution in [1.82, 2.24) is 4.90 Å². The second-order valence-corrected chi connectivity index (χ2v) is 11.6. The van der Waals surface area contributed by atoms with Crippen molar-refractivity contribution >= 4 is 0 Å². The van der Waals surface area contributed by atoms with E-state index in [1.165, 1.54) is 11.1 Å². The van der Waals surface area contributed by atoms with Gasteiger partial charge >= 0.3 is 0 Å². The maximum absolute atomic E-state index is 11.9. The predicted octanol–water partition coefficient (Wildman–Crippen LogP) is 4.08. The number of unbranched alkanes of at least 4 members (excludes halogenated alkanes) is 1. The minimum Gasteiger partial charge on any atom is -0.493 e. The lowest BCUT2D eigenvalue weighted by atomic mass is 9.33. The number of hydrogen-bond donors (Lipinski definition) is 1. The molecule has 6 aliphatic rings. The quantitative estimate of drug-likeness (QED) is 0.721. The smallest absolute Gasteiger partial charge is 0.165 e. The van der Waals surface area contributed by atoms with Gasteiger partial charge in [0.05, 0.1) is 12.7 Å². The van der Waals surface area contributed by atoms with E-state index >= 15 is 0 Å². The Morgan fingerprint density at radius 3 is 2.78 bits per heavy atom. The molecule has 4 fully saturated rings. The van der Waals surface area contributed by atoms with Gasteiger partial charge in [0.25, 0.3) is 0 Å². The van der Waals surface area contributed by atoms with Crippen LogP contribution in [-0.2, 0) is 16.6 Å². The first-order valence-corrected chi connectivity index (χ1v) is 12.7. The van der Waals surface area contributed by atoms with Crippen LogP contribution in [0.15, 0.2) is 12.1 Å². The molecule has 0 aromatic heterocycles. The van der Waals surface area contributed by atoms with E-state index in [9.17, 15) is 5.11 Å². The molecule has 5 nitrogen and oxygen atoms in total. The van der Waals surface area contributed by atoms with Crippen molar-refractivity contribution in [2.45, 2.75) is 94.0 Å². The molecule has 5 heteroatoms. The van der Waals surface area contributed by atoms with Crippen molar-refractivity contribution in [2.75, 3.05) is 27.8 Å². The van der Waals surface area contributed by atoms with Crippen molar-refractivity contribution < 1.29 is 19.3 Å². The molecule has 3 saturated carbocycles. The molecule has 2 unspecified atom stereocenters. The molecule has 4 bridgehead atoms. The van der Waals surface area contributed by atoms with Crippen LogP contribution in [0.2, 0.25) is 0 Å². The number of piperidine rings is 1. The Kier molecular flexibility index (Phi) is 4.41. The number of likely N-dealkylation sites (tertiary alicyclic amines) is 1. The third-order valence-electron chi connectivity index (χ3n) is 10.6. The van der Waals surface area contributed by atoms with Crippen LogP contribution in [0.3, 0.4) is 0 Å². The number of aliphatic hydroxyl groups is 1. The maximum atomic E-state index is 11.9. The van der Waals surface area contributed by atoms with Gasteiger partial charge in [-0.1, -0.05) is 25.8 Å². The minimum atomic E-state index is -0.767. The number of rotatable bonds is 6. The van der Waals surface area contributed by atoms with E-state index in [1.807, 2.05) is 7.11 Å². The van der Waals surface area contributed by atoms with Crippen molar-refractivity contribution in [3.05, 3.63) is 23.3 Å².